The number of fused-ring (bicyclic) bond motifs is 1. The van der Waals surface area contributed by atoms with Gasteiger partial charge < -0.3 is 10.4 Å². The lowest BCUT2D eigenvalue weighted by molar-refractivity contribution is 0.197. The van der Waals surface area contributed by atoms with Gasteiger partial charge >= 0.3 is 0 Å². The third kappa shape index (κ3) is 1.12. The van der Waals surface area contributed by atoms with Crippen LogP contribution in [0.4, 0.5) is 0 Å². The lowest BCUT2D eigenvalue weighted by atomic mass is 10.1. The quantitative estimate of drug-likeness (QED) is 0.375. The van der Waals surface area contributed by atoms with Gasteiger partial charge in [-0.15, -0.1) is 0 Å². The highest BCUT2D eigenvalue weighted by Gasteiger charge is 2.02. The molecule has 0 saturated carbocycles. The molecule has 0 aliphatic carbocycles. The Balaban J connectivity index is 3.08. The van der Waals surface area contributed by atoms with E-state index in [1.165, 1.54) is 6.20 Å². The highest BCUT2D eigenvalue weighted by atomic mass is 16.5. The van der Waals surface area contributed by atoms with Crippen LogP contribution in [0.3, 0.4) is 0 Å². The van der Waals surface area contributed by atoms with E-state index >= 15 is 0 Å². The molecule has 0 aliphatic heterocycles. The number of hydrogen-bond donors (Lipinski definition) is 2. The topological polar surface area (TPSA) is 57.8 Å². The molecule has 4 nitrogen and oxygen atoms in total. The average Bonchev–Trinajstić information content (AvgIpc) is 2.20. The van der Waals surface area contributed by atoms with Crippen molar-refractivity contribution in [2.75, 3.05) is 0 Å². The summed E-state index contributed by atoms with van der Waals surface area (Å²) in [5.74, 6) is 0. The van der Waals surface area contributed by atoms with Crippen molar-refractivity contribution in [3.05, 3.63) is 41.4 Å². The lowest BCUT2D eigenvalue weighted by Crippen LogP contribution is -2.08. The van der Waals surface area contributed by atoms with Crippen LogP contribution in [0.15, 0.2) is 35.6 Å². The summed E-state index contributed by atoms with van der Waals surface area (Å²) >= 11 is 0. The van der Waals surface area contributed by atoms with E-state index < -0.39 is 0 Å². The van der Waals surface area contributed by atoms with Gasteiger partial charge in [0.05, 0.1) is 5.52 Å². The molecule has 4 heteroatoms. The standard InChI is InChI=1S/C10H10N2O2/c1-7-3-2-4-9-10(7)8(11-13)5-6-12(9)14/h2-6,13-14H,1H3/b11-8+. The number of pyridine rings is 1. The number of hydrogen-bond acceptors (Lipinski definition) is 3. The molecule has 0 fully saturated rings. The van der Waals surface area contributed by atoms with Gasteiger partial charge in [-0.1, -0.05) is 17.3 Å². The maximum atomic E-state index is 9.51. The highest BCUT2D eigenvalue weighted by molar-refractivity contribution is 5.81. The molecule has 14 heavy (non-hydrogen) atoms. The predicted molar refractivity (Wildman–Crippen MR) is 51.2 cm³/mol. The van der Waals surface area contributed by atoms with Gasteiger partial charge in [0.2, 0.25) is 0 Å². The fourth-order valence-electron chi connectivity index (χ4n) is 1.56. The molecular formula is C10H10N2O2. The Labute approximate surface area is 80.3 Å². The van der Waals surface area contributed by atoms with Crippen molar-refractivity contribution in [2.24, 2.45) is 5.16 Å². The van der Waals surface area contributed by atoms with Crippen LogP contribution in [0.2, 0.25) is 0 Å². The normalized spacial score (nSPS) is 12.2. The average molecular weight is 190 g/mol. The molecule has 0 unspecified atom stereocenters. The number of nitrogens with zero attached hydrogens (tertiary/aromatic N) is 2. The van der Waals surface area contributed by atoms with Crippen molar-refractivity contribution in [2.45, 2.75) is 6.92 Å². The SMILES string of the molecule is Cc1cccc2c1/c(=N/O)ccn2O. The van der Waals surface area contributed by atoms with Crippen molar-refractivity contribution in [3.8, 4) is 0 Å². The summed E-state index contributed by atoms with van der Waals surface area (Å²) in [5, 5.41) is 22.7. The van der Waals surface area contributed by atoms with E-state index in [9.17, 15) is 5.21 Å². The summed E-state index contributed by atoms with van der Waals surface area (Å²) in [6, 6.07) is 7.05. The molecule has 2 N–H and O–H groups in total. The molecule has 0 spiro atoms. The Morgan fingerprint density at radius 3 is 2.79 bits per heavy atom. The molecule has 0 radical (unpaired) electrons. The maximum absolute atomic E-state index is 9.51. The van der Waals surface area contributed by atoms with Crippen molar-refractivity contribution in [1.29, 1.82) is 0 Å². The second-order valence-corrected chi connectivity index (χ2v) is 3.11. The molecule has 2 rings (SSSR count). The molecule has 0 atom stereocenters. The third-order valence-electron chi connectivity index (χ3n) is 2.24. The van der Waals surface area contributed by atoms with Gasteiger partial charge in [0, 0.05) is 11.6 Å². The zero-order chi connectivity index (χ0) is 10.1. The minimum absolute atomic E-state index is 0.461. The molecule has 1 heterocycles. The van der Waals surface area contributed by atoms with Crippen LogP contribution in [-0.4, -0.2) is 15.1 Å². The van der Waals surface area contributed by atoms with Crippen LogP contribution in [0.5, 0.6) is 0 Å². The minimum atomic E-state index is 0.461. The summed E-state index contributed by atoms with van der Waals surface area (Å²) in [6.45, 7) is 1.90. The fourth-order valence-corrected chi connectivity index (χ4v) is 1.56. The summed E-state index contributed by atoms with van der Waals surface area (Å²) in [4.78, 5) is 0. The molecule has 1 aromatic heterocycles. The predicted octanol–water partition coefficient (Wildman–Crippen LogP) is 1.48. The van der Waals surface area contributed by atoms with Crippen molar-refractivity contribution >= 4 is 10.9 Å². The van der Waals surface area contributed by atoms with E-state index in [4.69, 9.17) is 5.21 Å². The van der Waals surface area contributed by atoms with Crippen LogP contribution in [-0.2, 0) is 0 Å². The molecule has 2 aromatic rings. The Kier molecular flexibility index (Phi) is 1.89. The lowest BCUT2D eigenvalue weighted by Gasteiger charge is -2.05. The van der Waals surface area contributed by atoms with E-state index in [0.717, 1.165) is 15.7 Å². The van der Waals surface area contributed by atoms with Gasteiger partial charge in [-0.25, -0.2) is 0 Å². The van der Waals surface area contributed by atoms with Gasteiger partial charge in [0.1, 0.15) is 5.36 Å². The van der Waals surface area contributed by atoms with Crippen LogP contribution >= 0.6 is 0 Å². The molecule has 0 saturated heterocycles. The maximum Gasteiger partial charge on any atom is 0.113 e. The van der Waals surface area contributed by atoms with Gasteiger partial charge in [0.25, 0.3) is 0 Å². The number of aryl methyl sites for hydroxylation is 1. The largest absolute Gasteiger partial charge is 0.428 e. The minimum Gasteiger partial charge on any atom is -0.428 e. The summed E-state index contributed by atoms with van der Waals surface area (Å²) in [6.07, 6.45) is 1.44. The second kappa shape index (κ2) is 3.06. The number of aromatic nitrogens is 1. The first kappa shape index (κ1) is 8.62. The van der Waals surface area contributed by atoms with Crippen LogP contribution in [0.25, 0.3) is 10.9 Å². The highest BCUT2D eigenvalue weighted by Crippen LogP contribution is 2.12. The fraction of sp³-hybridized carbons (Fsp3) is 0.100. The third-order valence-corrected chi connectivity index (χ3v) is 2.24. The van der Waals surface area contributed by atoms with E-state index in [0.29, 0.717) is 10.9 Å². The zero-order valence-corrected chi connectivity index (χ0v) is 7.68. The molecular weight excluding hydrogens is 180 g/mol. The van der Waals surface area contributed by atoms with Crippen molar-refractivity contribution in [3.63, 3.8) is 0 Å². The smallest absolute Gasteiger partial charge is 0.113 e. The van der Waals surface area contributed by atoms with Gasteiger partial charge in [-0.3, -0.25) is 0 Å². The summed E-state index contributed by atoms with van der Waals surface area (Å²) < 4.78 is 1.01. The second-order valence-electron chi connectivity index (χ2n) is 3.11. The van der Waals surface area contributed by atoms with E-state index in [1.54, 1.807) is 12.1 Å². The summed E-state index contributed by atoms with van der Waals surface area (Å²) in [5.41, 5.74) is 1.58. The Bertz CT molecular complexity index is 543. The van der Waals surface area contributed by atoms with Crippen LogP contribution in [0, 0.1) is 6.92 Å². The van der Waals surface area contributed by atoms with Crippen LogP contribution in [0.1, 0.15) is 5.56 Å². The van der Waals surface area contributed by atoms with E-state index in [1.807, 2.05) is 19.1 Å². The Morgan fingerprint density at radius 1 is 1.29 bits per heavy atom. The first-order valence-corrected chi connectivity index (χ1v) is 4.22. The first-order valence-electron chi connectivity index (χ1n) is 4.22. The van der Waals surface area contributed by atoms with Gasteiger partial charge in [-0.05, 0) is 24.6 Å². The first-order chi connectivity index (χ1) is 6.74. The molecule has 72 valence electrons. The number of rotatable bonds is 0. The van der Waals surface area contributed by atoms with Crippen LogP contribution < -0.4 is 5.36 Å². The van der Waals surface area contributed by atoms with Gasteiger partial charge in [0.15, 0.2) is 0 Å². The number of benzene rings is 1. The molecule has 1 aromatic carbocycles. The van der Waals surface area contributed by atoms with Crippen molar-refractivity contribution in [1.82, 2.24) is 4.73 Å². The Morgan fingerprint density at radius 2 is 2.07 bits per heavy atom. The van der Waals surface area contributed by atoms with E-state index in [2.05, 4.69) is 5.16 Å². The monoisotopic (exact) mass is 190 g/mol. The molecule has 0 amide bonds. The zero-order valence-electron chi connectivity index (χ0n) is 7.68. The van der Waals surface area contributed by atoms with Gasteiger partial charge in [-0.2, -0.15) is 4.73 Å². The molecule has 0 bridgehead atoms. The Hall–Kier alpha value is -1.97. The van der Waals surface area contributed by atoms with Crippen molar-refractivity contribution < 1.29 is 10.4 Å². The van der Waals surface area contributed by atoms with E-state index in [-0.39, 0.29) is 0 Å². The molecule has 0 aliphatic rings. The summed E-state index contributed by atoms with van der Waals surface area (Å²) in [7, 11) is 0.